The first kappa shape index (κ1) is 13.1. The van der Waals surface area contributed by atoms with Crippen molar-refractivity contribution < 1.29 is 9.84 Å². The van der Waals surface area contributed by atoms with E-state index >= 15 is 0 Å². The lowest BCUT2D eigenvalue weighted by Crippen LogP contribution is -2.23. The van der Waals surface area contributed by atoms with Crippen molar-refractivity contribution >= 4 is 18.4 Å². The van der Waals surface area contributed by atoms with Gasteiger partial charge in [0.05, 0.1) is 26.4 Å². The quantitative estimate of drug-likeness (QED) is 0.280. The van der Waals surface area contributed by atoms with Crippen LogP contribution in [0, 0.1) is 0 Å². The van der Waals surface area contributed by atoms with Gasteiger partial charge in [0.25, 0.3) is 0 Å². The fourth-order valence-electron chi connectivity index (χ4n) is 0.406. The zero-order chi connectivity index (χ0) is 7.82. The lowest BCUT2D eigenvalue weighted by Gasteiger charge is -1.97. The Morgan fingerprint density at radius 2 is 2.00 bits per heavy atom. The molecule has 0 fully saturated rings. The van der Waals surface area contributed by atoms with Crippen LogP contribution in [0.2, 0.25) is 0 Å². The summed E-state index contributed by atoms with van der Waals surface area (Å²) in [4.78, 5) is 3.66. The molecule has 0 aliphatic rings. The van der Waals surface area contributed by atoms with Crippen molar-refractivity contribution in [3.05, 3.63) is 0 Å². The summed E-state index contributed by atoms with van der Waals surface area (Å²) in [5.41, 5.74) is 10.1. The number of aliphatic hydroxyl groups excluding tert-OH is 1. The molecule has 0 heterocycles. The molecule has 0 unspecified atom stereocenters. The Kier molecular flexibility index (Phi) is 11.3. The molecular weight excluding hydrogens is 170 g/mol. The molecule has 5 N–H and O–H groups in total. The van der Waals surface area contributed by atoms with E-state index in [1.165, 1.54) is 0 Å². The molecule has 0 radical (unpaired) electrons. The van der Waals surface area contributed by atoms with E-state index in [0.717, 1.165) is 0 Å². The second kappa shape index (κ2) is 9.48. The van der Waals surface area contributed by atoms with Gasteiger partial charge in [0, 0.05) is 0 Å². The maximum Gasteiger partial charge on any atom is 0.185 e. The molecular formula is C5H14ClN3O2. The Morgan fingerprint density at radius 3 is 2.45 bits per heavy atom. The molecule has 0 aliphatic carbocycles. The summed E-state index contributed by atoms with van der Waals surface area (Å²) >= 11 is 0. The van der Waals surface area contributed by atoms with Gasteiger partial charge in [-0.15, -0.1) is 12.4 Å². The number of hydrogen-bond acceptors (Lipinski definition) is 3. The number of nitrogens with two attached hydrogens (primary N) is 2. The average Bonchev–Trinajstić information content (AvgIpc) is 1.87. The second-order valence-electron chi connectivity index (χ2n) is 1.64. The molecule has 0 rings (SSSR count). The van der Waals surface area contributed by atoms with E-state index in [-0.39, 0.29) is 25.0 Å². The van der Waals surface area contributed by atoms with Crippen molar-refractivity contribution in [2.45, 2.75) is 0 Å². The Balaban J connectivity index is 0. The number of guanidine groups is 1. The maximum absolute atomic E-state index is 8.26. The van der Waals surface area contributed by atoms with Gasteiger partial charge in [-0.05, 0) is 0 Å². The number of hydrogen-bond donors (Lipinski definition) is 3. The molecule has 0 aromatic rings. The highest BCUT2D eigenvalue weighted by atomic mass is 35.5. The first-order valence-electron chi connectivity index (χ1n) is 3.01. The lowest BCUT2D eigenvalue weighted by molar-refractivity contribution is 0.0978. The SMILES string of the molecule is Cl.NC(N)=NCCOCCO. The summed E-state index contributed by atoms with van der Waals surface area (Å²) in [5, 5.41) is 8.26. The van der Waals surface area contributed by atoms with E-state index in [0.29, 0.717) is 19.8 Å². The Bertz CT molecular complexity index is 106. The largest absolute Gasteiger partial charge is 0.394 e. The average molecular weight is 184 g/mol. The van der Waals surface area contributed by atoms with Crippen LogP contribution in [0.4, 0.5) is 0 Å². The minimum atomic E-state index is 0. The molecule has 0 saturated carbocycles. The van der Waals surface area contributed by atoms with Gasteiger partial charge in [0.1, 0.15) is 0 Å². The van der Waals surface area contributed by atoms with Crippen LogP contribution in [0.3, 0.4) is 0 Å². The maximum atomic E-state index is 8.26. The van der Waals surface area contributed by atoms with Crippen LogP contribution in [0.1, 0.15) is 0 Å². The van der Waals surface area contributed by atoms with E-state index in [1.54, 1.807) is 0 Å². The summed E-state index contributed by atoms with van der Waals surface area (Å²) in [6.07, 6.45) is 0. The summed E-state index contributed by atoms with van der Waals surface area (Å²) in [7, 11) is 0. The molecule has 0 atom stereocenters. The van der Waals surface area contributed by atoms with Gasteiger partial charge in [-0.1, -0.05) is 0 Å². The topological polar surface area (TPSA) is 93.9 Å². The fraction of sp³-hybridized carbons (Fsp3) is 0.800. The van der Waals surface area contributed by atoms with Gasteiger partial charge in [0.15, 0.2) is 5.96 Å². The monoisotopic (exact) mass is 183 g/mol. The minimum absolute atomic E-state index is 0. The van der Waals surface area contributed by atoms with E-state index in [1.807, 2.05) is 0 Å². The fourth-order valence-corrected chi connectivity index (χ4v) is 0.406. The molecule has 0 bridgehead atoms. The first-order chi connectivity index (χ1) is 4.77. The van der Waals surface area contributed by atoms with Crippen molar-refractivity contribution in [1.82, 2.24) is 0 Å². The highest BCUT2D eigenvalue weighted by molar-refractivity contribution is 5.85. The number of halogens is 1. The molecule has 0 saturated heterocycles. The van der Waals surface area contributed by atoms with E-state index in [4.69, 9.17) is 21.3 Å². The van der Waals surface area contributed by atoms with Crippen molar-refractivity contribution in [3.63, 3.8) is 0 Å². The lowest BCUT2D eigenvalue weighted by atomic mass is 10.7. The third-order valence-electron chi connectivity index (χ3n) is 0.766. The van der Waals surface area contributed by atoms with Crippen LogP contribution in [0.25, 0.3) is 0 Å². The van der Waals surface area contributed by atoms with Crippen LogP contribution < -0.4 is 11.5 Å². The van der Waals surface area contributed by atoms with Gasteiger partial charge < -0.3 is 21.3 Å². The smallest absolute Gasteiger partial charge is 0.185 e. The standard InChI is InChI=1S/C5H13N3O2.ClH/c6-5(7)8-1-3-10-4-2-9;/h9H,1-4H2,(H4,6,7,8);1H. The van der Waals surface area contributed by atoms with Crippen LogP contribution >= 0.6 is 12.4 Å². The number of aliphatic hydroxyl groups is 1. The summed E-state index contributed by atoms with van der Waals surface area (Å²) in [5.74, 6) is 0.0626. The van der Waals surface area contributed by atoms with E-state index in [2.05, 4.69) is 4.99 Å². The number of ether oxygens (including phenoxy) is 1. The van der Waals surface area contributed by atoms with Crippen molar-refractivity contribution in [3.8, 4) is 0 Å². The minimum Gasteiger partial charge on any atom is -0.394 e. The zero-order valence-corrected chi connectivity index (χ0v) is 7.01. The Labute approximate surface area is 71.8 Å². The third-order valence-corrected chi connectivity index (χ3v) is 0.766. The van der Waals surface area contributed by atoms with Gasteiger partial charge in [-0.25, -0.2) is 0 Å². The molecule has 11 heavy (non-hydrogen) atoms. The third kappa shape index (κ3) is 12.6. The molecule has 5 nitrogen and oxygen atoms in total. The van der Waals surface area contributed by atoms with Crippen molar-refractivity contribution in [2.75, 3.05) is 26.4 Å². The second-order valence-corrected chi connectivity index (χ2v) is 1.64. The predicted octanol–water partition coefficient (Wildman–Crippen LogP) is -1.31. The van der Waals surface area contributed by atoms with E-state index in [9.17, 15) is 0 Å². The first-order valence-corrected chi connectivity index (χ1v) is 3.01. The van der Waals surface area contributed by atoms with E-state index < -0.39 is 0 Å². The van der Waals surface area contributed by atoms with Crippen LogP contribution in [0.15, 0.2) is 4.99 Å². The molecule has 0 aliphatic heterocycles. The molecule has 6 heteroatoms. The highest BCUT2D eigenvalue weighted by Gasteiger charge is 1.84. The van der Waals surface area contributed by atoms with Gasteiger partial charge in [-0.2, -0.15) is 0 Å². The summed E-state index contributed by atoms with van der Waals surface area (Å²) in [6.45, 7) is 1.25. The highest BCUT2D eigenvalue weighted by Crippen LogP contribution is 1.74. The molecule has 0 spiro atoms. The van der Waals surface area contributed by atoms with Gasteiger partial charge in [0.2, 0.25) is 0 Å². The summed E-state index contributed by atoms with van der Waals surface area (Å²) in [6, 6.07) is 0. The molecule has 68 valence electrons. The predicted molar refractivity (Wildman–Crippen MR) is 45.8 cm³/mol. The number of rotatable bonds is 5. The van der Waals surface area contributed by atoms with Crippen LogP contribution in [-0.4, -0.2) is 37.4 Å². The van der Waals surface area contributed by atoms with Crippen molar-refractivity contribution in [1.29, 1.82) is 0 Å². The number of nitrogens with zero attached hydrogens (tertiary/aromatic N) is 1. The summed E-state index contributed by atoms with van der Waals surface area (Å²) < 4.78 is 4.86. The molecule has 0 amide bonds. The Hall–Kier alpha value is -0.520. The zero-order valence-electron chi connectivity index (χ0n) is 6.19. The molecule has 0 aromatic heterocycles. The number of aliphatic imine (C=N–C) groups is 1. The Morgan fingerprint density at radius 1 is 1.36 bits per heavy atom. The molecule has 0 aromatic carbocycles. The normalized spacial score (nSPS) is 8.45. The van der Waals surface area contributed by atoms with Crippen LogP contribution in [0.5, 0.6) is 0 Å². The van der Waals surface area contributed by atoms with Gasteiger partial charge >= 0.3 is 0 Å². The van der Waals surface area contributed by atoms with Gasteiger partial charge in [-0.3, -0.25) is 4.99 Å². The van der Waals surface area contributed by atoms with Crippen molar-refractivity contribution in [2.24, 2.45) is 16.5 Å². The van der Waals surface area contributed by atoms with Crippen LogP contribution in [-0.2, 0) is 4.74 Å².